The minimum atomic E-state index is -2.11. The maximum Gasteiger partial charge on any atom is 0.310 e. The van der Waals surface area contributed by atoms with E-state index >= 15 is 0 Å². The summed E-state index contributed by atoms with van der Waals surface area (Å²) in [6, 6.07) is 0. The van der Waals surface area contributed by atoms with Gasteiger partial charge in [-0.15, -0.1) is 0 Å². The molecule has 0 aliphatic carbocycles. The van der Waals surface area contributed by atoms with Crippen LogP contribution in [0.4, 0.5) is 0 Å². The zero-order valence-corrected chi connectivity index (χ0v) is 19.2. The molecule has 0 fully saturated rings. The first-order valence-corrected chi connectivity index (χ1v) is 12.7. The first-order chi connectivity index (χ1) is 11.7. The fourth-order valence-corrected chi connectivity index (χ4v) is 4.02. The second-order valence-electron chi connectivity index (χ2n) is 9.22. The van der Waals surface area contributed by atoms with Gasteiger partial charge in [0.15, 0.2) is 8.32 Å². The molecule has 5 nitrogen and oxygen atoms in total. The molecule has 0 saturated carbocycles. The Labute approximate surface area is 161 Å². The molecule has 0 radical (unpaired) electrons. The van der Waals surface area contributed by atoms with Crippen molar-refractivity contribution >= 4 is 20.3 Å². The molecular weight excluding hydrogens is 348 g/mol. The van der Waals surface area contributed by atoms with Crippen LogP contribution in [0.2, 0.25) is 18.1 Å². The molecule has 154 valence electrons. The first-order valence-electron chi connectivity index (χ1n) is 9.83. The van der Waals surface area contributed by atoms with Crippen molar-refractivity contribution in [2.45, 2.75) is 104 Å². The molecule has 0 spiro atoms. The number of unbranched alkanes of at least 4 members (excludes halogenated alkanes) is 1. The molecule has 0 heterocycles. The highest BCUT2D eigenvalue weighted by atomic mass is 28.4. The molecule has 0 rings (SSSR count). The van der Waals surface area contributed by atoms with Crippen molar-refractivity contribution in [3.8, 4) is 0 Å². The highest BCUT2D eigenvalue weighted by molar-refractivity contribution is 6.74. The predicted octanol–water partition coefficient (Wildman–Crippen LogP) is 5.25. The van der Waals surface area contributed by atoms with E-state index in [-0.39, 0.29) is 23.3 Å². The van der Waals surface area contributed by atoms with Gasteiger partial charge in [0.1, 0.15) is 6.10 Å². The molecule has 6 heteroatoms. The lowest BCUT2D eigenvalue weighted by molar-refractivity contribution is -0.166. The molecule has 0 aromatic heterocycles. The Morgan fingerprint density at radius 2 is 1.65 bits per heavy atom. The van der Waals surface area contributed by atoms with Crippen LogP contribution in [-0.4, -0.2) is 37.6 Å². The fourth-order valence-electron chi connectivity index (χ4n) is 2.60. The third kappa shape index (κ3) is 8.21. The lowest BCUT2D eigenvalue weighted by Crippen LogP contribution is -2.50. The van der Waals surface area contributed by atoms with Crippen molar-refractivity contribution in [3.63, 3.8) is 0 Å². The third-order valence-corrected chi connectivity index (χ3v) is 9.75. The number of aliphatic carboxylic acids is 1. The monoisotopic (exact) mass is 388 g/mol. The minimum Gasteiger partial charge on any atom is -0.481 e. The van der Waals surface area contributed by atoms with Gasteiger partial charge in [-0.05, 0) is 37.4 Å². The second-order valence-corrected chi connectivity index (χ2v) is 14.0. The standard InChI is InChI=1S/C20H40O5Si/c1-10-11-12-16(19(22)23)18(24-17(21)13-14(2)3)15(4)25-26(8,9)20(5,6)7/h14-16,18H,10-13H2,1-9H3,(H,22,23)/t15-,16+,18-/m0/s1. The van der Waals surface area contributed by atoms with Gasteiger partial charge in [-0.3, -0.25) is 9.59 Å². The number of carbonyl (C=O) groups excluding carboxylic acids is 1. The predicted molar refractivity (Wildman–Crippen MR) is 108 cm³/mol. The molecule has 0 aromatic rings. The van der Waals surface area contributed by atoms with Crippen molar-refractivity contribution in [2.75, 3.05) is 0 Å². The van der Waals surface area contributed by atoms with Crippen LogP contribution in [0.1, 0.15) is 74.1 Å². The SMILES string of the molecule is CCCC[C@@H](C(=O)O)[C@@H](OC(=O)CC(C)C)[C@H](C)O[Si](C)(C)C(C)(C)C. The molecule has 1 N–H and O–H groups in total. The lowest BCUT2D eigenvalue weighted by Gasteiger charge is -2.41. The number of ether oxygens (including phenoxy) is 1. The van der Waals surface area contributed by atoms with Crippen molar-refractivity contribution in [2.24, 2.45) is 11.8 Å². The van der Waals surface area contributed by atoms with Gasteiger partial charge in [-0.25, -0.2) is 0 Å². The molecule has 0 bridgehead atoms. The Morgan fingerprint density at radius 1 is 1.12 bits per heavy atom. The van der Waals surface area contributed by atoms with E-state index in [1.807, 2.05) is 27.7 Å². The van der Waals surface area contributed by atoms with Gasteiger partial charge in [0, 0.05) is 6.42 Å². The Hall–Kier alpha value is -0.883. The lowest BCUT2D eigenvalue weighted by atomic mass is 9.92. The molecular formula is C20H40O5Si. The average Bonchev–Trinajstić information content (AvgIpc) is 2.43. The number of hydrogen-bond acceptors (Lipinski definition) is 4. The van der Waals surface area contributed by atoms with Crippen molar-refractivity contribution < 1.29 is 23.9 Å². The van der Waals surface area contributed by atoms with Crippen LogP contribution < -0.4 is 0 Å². The Morgan fingerprint density at radius 3 is 2.04 bits per heavy atom. The Kier molecular flexibility index (Phi) is 10.1. The third-order valence-electron chi connectivity index (χ3n) is 5.17. The van der Waals surface area contributed by atoms with Crippen LogP contribution in [-0.2, 0) is 18.8 Å². The summed E-state index contributed by atoms with van der Waals surface area (Å²) >= 11 is 0. The summed E-state index contributed by atoms with van der Waals surface area (Å²) in [7, 11) is -2.11. The van der Waals surface area contributed by atoms with E-state index < -0.39 is 32.4 Å². The van der Waals surface area contributed by atoms with E-state index in [1.54, 1.807) is 0 Å². The van der Waals surface area contributed by atoms with E-state index in [1.165, 1.54) is 0 Å². The normalized spacial score (nSPS) is 16.2. The van der Waals surface area contributed by atoms with Crippen LogP contribution in [0.3, 0.4) is 0 Å². The zero-order valence-electron chi connectivity index (χ0n) is 18.2. The zero-order chi connectivity index (χ0) is 20.7. The summed E-state index contributed by atoms with van der Waals surface area (Å²) in [6.45, 7) is 18.4. The second kappa shape index (κ2) is 10.5. The van der Waals surface area contributed by atoms with Gasteiger partial charge < -0.3 is 14.3 Å². The number of carbonyl (C=O) groups is 2. The summed E-state index contributed by atoms with van der Waals surface area (Å²) in [5, 5.41) is 9.73. The highest BCUT2D eigenvalue weighted by Gasteiger charge is 2.43. The number of esters is 1. The largest absolute Gasteiger partial charge is 0.481 e. The molecule has 0 aromatic carbocycles. The van der Waals surface area contributed by atoms with Crippen LogP contribution in [0, 0.1) is 11.8 Å². The van der Waals surface area contributed by atoms with E-state index in [4.69, 9.17) is 9.16 Å². The summed E-state index contributed by atoms with van der Waals surface area (Å²) in [4.78, 5) is 24.2. The molecule has 0 saturated heterocycles. The first kappa shape index (κ1) is 25.1. The van der Waals surface area contributed by atoms with Crippen molar-refractivity contribution in [3.05, 3.63) is 0 Å². The summed E-state index contributed by atoms with van der Waals surface area (Å²) in [5.41, 5.74) is 0. The average molecular weight is 389 g/mol. The fraction of sp³-hybridized carbons (Fsp3) is 0.900. The summed E-state index contributed by atoms with van der Waals surface area (Å²) in [5.74, 6) is -1.85. The molecule has 0 amide bonds. The van der Waals surface area contributed by atoms with Crippen LogP contribution in [0.15, 0.2) is 0 Å². The maximum atomic E-state index is 12.3. The van der Waals surface area contributed by atoms with Gasteiger partial charge in [0.05, 0.1) is 12.0 Å². The minimum absolute atomic E-state index is 0.00408. The quantitative estimate of drug-likeness (QED) is 0.387. The Balaban J connectivity index is 5.52. The Bertz CT molecular complexity index is 454. The number of hydrogen-bond donors (Lipinski definition) is 1. The van der Waals surface area contributed by atoms with E-state index in [0.29, 0.717) is 6.42 Å². The summed E-state index contributed by atoms with van der Waals surface area (Å²) < 4.78 is 12.1. The van der Waals surface area contributed by atoms with E-state index in [2.05, 4.69) is 33.9 Å². The molecule has 26 heavy (non-hydrogen) atoms. The number of rotatable bonds is 11. The smallest absolute Gasteiger partial charge is 0.310 e. The number of carboxylic acids is 1. The van der Waals surface area contributed by atoms with Gasteiger partial charge in [-0.2, -0.15) is 0 Å². The molecule has 3 atom stereocenters. The van der Waals surface area contributed by atoms with Gasteiger partial charge in [0.2, 0.25) is 0 Å². The molecule has 0 unspecified atom stereocenters. The van der Waals surface area contributed by atoms with Gasteiger partial charge in [0.25, 0.3) is 0 Å². The van der Waals surface area contributed by atoms with Crippen LogP contribution in [0.5, 0.6) is 0 Å². The molecule has 0 aliphatic heterocycles. The van der Waals surface area contributed by atoms with Crippen molar-refractivity contribution in [1.29, 1.82) is 0 Å². The van der Waals surface area contributed by atoms with Crippen LogP contribution >= 0.6 is 0 Å². The van der Waals surface area contributed by atoms with Crippen LogP contribution in [0.25, 0.3) is 0 Å². The topological polar surface area (TPSA) is 72.8 Å². The maximum absolute atomic E-state index is 12.3. The highest BCUT2D eigenvalue weighted by Crippen LogP contribution is 2.38. The van der Waals surface area contributed by atoms with E-state index in [0.717, 1.165) is 12.8 Å². The van der Waals surface area contributed by atoms with Gasteiger partial charge >= 0.3 is 11.9 Å². The van der Waals surface area contributed by atoms with E-state index in [9.17, 15) is 14.7 Å². The van der Waals surface area contributed by atoms with Gasteiger partial charge in [-0.1, -0.05) is 54.4 Å². The summed E-state index contributed by atoms with van der Waals surface area (Å²) in [6.07, 6.45) is 1.22. The van der Waals surface area contributed by atoms with Crippen molar-refractivity contribution in [1.82, 2.24) is 0 Å². The molecule has 0 aliphatic rings. The number of carboxylic acid groups (broad SMARTS) is 1.